The Morgan fingerprint density at radius 3 is 3.12 bits per heavy atom. The van der Waals surface area contributed by atoms with E-state index in [0.29, 0.717) is 12.6 Å². The van der Waals surface area contributed by atoms with Gasteiger partial charge in [0.25, 0.3) is 0 Å². The minimum atomic E-state index is 0.0590. The van der Waals surface area contributed by atoms with E-state index in [4.69, 9.17) is 4.52 Å². The molecule has 0 saturated heterocycles. The summed E-state index contributed by atoms with van der Waals surface area (Å²) in [5.74, 6) is 0.926. The Labute approximate surface area is 100 Å². The van der Waals surface area contributed by atoms with E-state index < -0.39 is 0 Å². The average Bonchev–Trinajstić information content (AvgIpc) is 2.97. The van der Waals surface area contributed by atoms with Gasteiger partial charge in [0.1, 0.15) is 5.76 Å². The Kier molecular flexibility index (Phi) is 2.74. The second-order valence-corrected chi connectivity index (χ2v) is 4.88. The number of hydrogen-bond acceptors (Lipinski definition) is 3. The molecule has 0 atom stereocenters. The molecule has 5 heteroatoms. The number of aromatic nitrogens is 1. The van der Waals surface area contributed by atoms with Crippen molar-refractivity contribution in [3.63, 3.8) is 0 Å². The van der Waals surface area contributed by atoms with E-state index in [2.05, 4.69) is 10.5 Å². The molecule has 2 heterocycles. The minimum absolute atomic E-state index is 0.0590. The SMILES string of the molecule is O=C(NC1CCCC1)N1CCc2oncc2C1. The van der Waals surface area contributed by atoms with Crippen LogP contribution in [0, 0.1) is 0 Å². The van der Waals surface area contributed by atoms with E-state index in [1.807, 2.05) is 4.90 Å². The third-order valence-corrected chi connectivity index (χ3v) is 3.67. The van der Waals surface area contributed by atoms with Gasteiger partial charge in [-0.2, -0.15) is 0 Å². The highest BCUT2D eigenvalue weighted by molar-refractivity contribution is 5.74. The second kappa shape index (κ2) is 4.39. The average molecular weight is 235 g/mol. The zero-order valence-electron chi connectivity index (χ0n) is 9.82. The maximum absolute atomic E-state index is 12.0. The highest BCUT2D eigenvalue weighted by atomic mass is 16.5. The van der Waals surface area contributed by atoms with Crippen LogP contribution in [0.1, 0.15) is 37.0 Å². The quantitative estimate of drug-likeness (QED) is 0.805. The first kappa shape index (κ1) is 10.6. The predicted molar refractivity (Wildman–Crippen MR) is 61.4 cm³/mol. The van der Waals surface area contributed by atoms with Crippen molar-refractivity contribution in [2.45, 2.75) is 44.7 Å². The van der Waals surface area contributed by atoms with Gasteiger partial charge in [-0.3, -0.25) is 0 Å². The Morgan fingerprint density at radius 1 is 1.47 bits per heavy atom. The number of carbonyl (C=O) groups is 1. The molecule has 1 aromatic rings. The van der Waals surface area contributed by atoms with Crippen molar-refractivity contribution in [3.8, 4) is 0 Å². The lowest BCUT2D eigenvalue weighted by Gasteiger charge is -2.27. The lowest BCUT2D eigenvalue weighted by atomic mass is 10.1. The molecule has 17 heavy (non-hydrogen) atoms. The molecule has 1 saturated carbocycles. The van der Waals surface area contributed by atoms with E-state index >= 15 is 0 Å². The summed E-state index contributed by atoms with van der Waals surface area (Å²) in [5, 5.41) is 6.88. The standard InChI is InChI=1S/C12H17N3O2/c16-12(14-10-3-1-2-4-10)15-6-5-11-9(8-15)7-13-17-11/h7,10H,1-6,8H2,(H,14,16). The van der Waals surface area contributed by atoms with Crippen LogP contribution in [0.5, 0.6) is 0 Å². The van der Waals surface area contributed by atoms with Crippen molar-refractivity contribution in [2.24, 2.45) is 0 Å². The number of fused-ring (bicyclic) bond motifs is 1. The normalized spacial score (nSPS) is 20.4. The zero-order valence-corrected chi connectivity index (χ0v) is 9.82. The number of rotatable bonds is 1. The van der Waals surface area contributed by atoms with Gasteiger partial charge in [-0.15, -0.1) is 0 Å². The van der Waals surface area contributed by atoms with Crippen LogP contribution in [0.4, 0.5) is 4.79 Å². The molecule has 0 bridgehead atoms. The molecule has 2 amide bonds. The molecule has 0 unspecified atom stereocenters. The Bertz CT molecular complexity index is 410. The van der Waals surface area contributed by atoms with Crippen LogP contribution in [-0.4, -0.2) is 28.7 Å². The van der Waals surface area contributed by atoms with Crippen molar-refractivity contribution in [3.05, 3.63) is 17.5 Å². The first-order valence-electron chi connectivity index (χ1n) is 6.31. The summed E-state index contributed by atoms with van der Waals surface area (Å²) in [4.78, 5) is 13.9. The largest absolute Gasteiger partial charge is 0.361 e. The number of carbonyl (C=O) groups excluding carboxylic acids is 1. The Morgan fingerprint density at radius 2 is 2.29 bits per heavy atom. The van der Waals surface area contributed by atoms with Crippen molar-refractivity contribution < 1.29 is 9.32 Å². The van der Waals surface area contributed by atoms with Gasteiger partial charge in [-0.1, -0.05) is 18.0 Å². The third kappa shape index (κ3) is 2.14. The lowest BCUT2D eigenvalue weighted by molar-refractivity contribution is 0.185. The van der Waals surface area contributed by atoms with E-state index in [-0.39, 0.29) is 6.03 Å². The molecule has 92 valence electrons. The predicted octanol–water partition coefficient (Wildman–Crippen LogP) is 1.68. The van der Waals surface area contributed by atoms with Crippen LogP contribution in [0.25, 0.3) is 0 Å². The van der Waals surface area contributed by atoms with Crippen LogP contribution in [0.3, 0.4) is 0 Å². The number of urea groups is 1. The molecule has 1 N–H and O–H groups in total. The van der Waals surface area contributed by atoms with Gasteiger partial charge in [-0.05, 0) is 12.8 Å². The fraction of sp³-hybridized carbons (Fsp3) is 0.667. The summed E-state index contributed by atoms with van der Waals surface area (Å²) >= 11 is 0. The first-order valence-corrected chi connectivity index (χ1v) is 6.31. The molecule has 0 radical (unpaired) electrons. The van der Waals surface area contributed by atoms with Gasteiger partial charge in [0, 0.05) is 24.6 Å². The topological polar surface area (TPSA) is 58.4 Å². The summed E-state index contributed by atoms with van der Waals surface area (Å²) in [5.41, 5.74) is 1.04. The van der Waals surface area contributed by atoms with Crippen LogP contribution < -0.4 is 5.32 Å². The second-order valence-electron chi connectivity index (χ2n) is 4.88. The molecule has 1 aliphatic carbocycles. The van der Waals surface area contributed by atoms with Gasteiger partial charge < -0.3 is 14.7 Å². The number of amides is 2. The highest BCUT2D eigenvalue weighted by Gasteiger charge is 2.25. The van der Waals surface area contributed by atoms with E-state index in [1.165, 1.54) is 12.8 Å². The van der Waals surface area contributed by atoms with Crippen LogP contribution in [0.15, 0.2) is 10.7 Å². The van der Waals surface area contributed by atoms with Crippen molar-refractivity contribution >= 4 is 6.03 Å². The molecule has 1 aromatic heterocycles. The summed E-state index contributed by atoms with van der Waals surface area (Å²) < 4.78 is 5.11. The van der Waals surface area contributed by atoms with Gasteiger partial charge in [0.05, 0.1) is 12.7 Å². The number of nitrogens with one attached hydrogen (secondary N) is 1. The molecule has 5 nitrogen and oxygen atoms in total. The van der Waals surface area contributed by atoms with Crippen molar-refractivity contribution in [1.82, 2.24) is 15.4 Å². The summed E-state index contributed by atoms with van der Waals surface area (Å²) in [6.07, 6.45) is 7.20. The Hall–Kier alpha value is -1.52. The Balaban J connectivity index is 1.60. The summed E-state index contributed by atoms with van der Waals surface area (Å²) in [7, 11) is 0. The molecule has 2 aliphatic rings. The molecule has 0 spiro atoms. The van der Waals surface area contributed by atoms with Gasteiger partial charge in [0.2, 0.25) is 0 Å². The van der Waals surface area contributed by atoms with Crippen LogP contribution >= 0.6 is 0 Å². The van der Waals surface area contributed by atoms with Gasteiger partial charge in [0.15, 0.2) is 0 Å². The summed E-state index contributed by atoms with van der Waals surface area (Å²) in [6, 6.07) is 0.440. The fourth-order valence-electron chi connectivity index (χ4n) is 2.65. The van der Waals surface area contributed by atoms with Crippen molar-refractivity contribution in [1.29, 1.82) is 0 Å². The zero-order chi connectivity index (χ0) is 11.7. The van der Waals surface area contributed by atoms with Crippen LogP contribution in [-0.2, 0) is 13.0 Å². The van der Waals surface area contributed by atoms with E-state index in [1.54, 1.807) is 6.20 Å². The van der Waals surface area contributed by atoms with Crippen LogP contribution in [0.2, 0.25) is 0 Å². The molecule has 1 aliphatic heterocycles. The maximum Gasteiger partial charge on any atom is 0.317 e. The molecule has 3 rings (SSSR count). The molecule has 1 fully saturated rings. The maximum atomic E-state index is 12.0. The van der Waals surface area contributed by atoms with E-state index in [9.17, 15) is 4.79 Å². The van der Waals surface area contributed by atoms with Gasteiger partial charge in [-0.25, -0.2) is 4.79 Å². The number of hydrogen-bond donors (Lipinski definition) is 1. The summed E-state index contributed by atoms with van der Waals surface area (Å²) in [6.45, 7) is 1.35. The third-order valence-electron chi connectivity index (χ3n) is 3.67. The monoisotopic (exact) mass is 235 g/mol. The van der Waals surface area contributed by atoms with Gasteiger partial charge >= 0.3 is 6.03 Å². The smallest absolute Gasteiger partial charge is 0.317 e. The first-order chi connectivity index (χ1) is 8.33. The molecular formula is C12H17N3O2. The van der Waals surface area contributed by atoms with E-state index in [0.717, 1.165) is 37.1 Å². The molecular weight excluding hydrogens is 218 g/mol. The highest BCUT2D eigenvalue weighted by Crippen LogP contribution is 2.20. The fourth-order valence-corrected chi connectivity index (χ4v) is 2.65. The van der Waals surface area contributed by atoms with Crippen molar-refractivity contribution in [2.75, 3.05) is 6.54 Å². The number of nitrogens with zero attached hydrogens (tertiary/aromatic N) is 2. The lowest BCUT2D eigenvalue weighted by Crippen LogP contribution is -2.45. The minimum Gasteiger partial charge on any atom is -0.361 e. The molecule has 0 aromatic carbocycles.